The molecule has 0 amide bonds. The number of ketones is 1. The number of benzene rings is 1. The molecular formula is C10H10ClNO5. The van der Waals surface area contributed by atoms with E-state index in [1.165, 1.54) is 25.3 Å². The zero-order chi connectivity index (χ0) is 12.8. The molecular weight excluding hydrogens is 250 g/mol. The molecule has 0 radical (unpaired) electrons. The minimum atomic E-state index is -0.595. The van der Waals surface area contributed by atoms with Crippen LogP contribution in [0.3, 0.4) is 0 Å². The minimum Gasteiger partial charge on any atom is -0.486 e. The van der Waals surface area contributed by atoms with Crippen molar-refractivity contribution in [3.8, 4) is 5.75 Å². The van der Waals surface area contributed by atoms with Crippen molar-refractivity contribution < 1.29 is 19.2 Å². The maximum absolute atomic E-state index is 11.1. The summed E-state index contributed by atoms with van der Waals surface area (Å²) in [5.41, 5.74) is -0.206. The fraction of sp³-hybridized carbons (Fsp3) is 0.300. The first-order valence-corrected chi connectivity index (χ1v) is 4.99. The van der Waals surface area contributed by atoms with E-state index < -0.39 is 4.92 Å². The maximum atomic E-state index is 11.1. The van der Waals surface area contributed by atoms with E-state index in [4.69, 9.17) is 16.3 Å². The van der Waals surface area contributed by atoms with Crippen LogP contribution in [0.2, 0.25) is 5.02 Å². The molecule has 0 heterocycles. The lowest BCUT2D eigenvalue weighted by atomic mass is 10.3. The number of carbonyl (C=O) groups excluding carboxylic acids is 1. The monoisotopic (exact) mass is 259 g/mol. The molecule has 0 unspecified atom stereocenters. The van der Waals surface area contributed by atoms with E-state index in [0.29, 0.717) is 5.75 Å². The highest BCUT2D eigenvalue weighted by molar-refractivity contribution is 6.32. The van der Waals surface area contributed by atoms with Gasteiger partial charge in [-0.05, 0) is 6.07 Å². The summed E-state index contributed by atoms with van der Waals surface area (Å²) >= 11 is 5.67. The Kier molecular flexibility index (Phi) is 4.86. The first-order valence-electron chi connectivity index (χ1n) is 4.62. The van der Waals surface area contributed by atoms with Gasteiger partial charge in [-0.15, -0.1) is 0 Å². The Morgan fingerprint density at radius 1 is 1.47 bits per heavy atom. The second-order valence-electron chi connectivity index (χ2n) is 3.13. The van der Waals surface area contributed by atoms with Gasteiger partial charge in [0, 0.05) is 19.2 Å². The van der Waals surface area contributed by atoms with Gasteiger partial charge in [0.05, 0.1) is 4.92 Å². The van der Waals surface area contributed by atoms with Crippen molar-refractivity contribution in [2.24, 2.45) is 0 Å². The van der Waals surface area contributed by atoms with Crippen LogP contribution in [0.4, 0.5) is 5.69 Å². The van der Waals surface area contributed by atoms with Crippen LogP contribution in [0.1, 0.15) is 0 Å². The van der Waals surface area contributed by atoms with Crippen molar-refractivity contribution in [2.45, 2.75) is 0 Å². The summed E-state index contributed by atoms with van der Waals surface area (Å²) in [6.45, 7) is -0.206. The van der Waals surface area contributed by atoms with Crippen molar-refractivity contribution in [1.82, 2.24) is 0 Å². The van der Waals surface area contributed by atoms with Crippen molar-refractivity contribution in [1.29, 1.82) is 0 Å². The van der Waals surface area contributed by atoms with E-state index in [2.05, 4.69) is 4.74 Å². The summed E-state index contributed by atoms with van der Waals surface area (Å²) < 4.78 is 9.72. The predicted molar refractivity (Wildman–Crippen MR) is 60.5 cm³/mol. The smallest absolute Gasteiger partial charge is 0.288 e. The number of carbonyl (C=O) groups is 1. The maximum Gasteiger partial charge on any atom is 0.288 e. The summed E-state index contributed by atoms with van der Waals surface area (Å²) in [7, 11) is 1.40. The Balaban J connectivity index is 2.65. The fourth-order valence-electron chi connectivity index (χ4n) is 1.09. The summed E-state index contributed by atoms with van der Waals surface area (Å²) in [4.78, 5) is 21.0. The van der Waals surface area contributed by atoms with Crippen molar-refractivity contribution >= 4 is 23.1 Å². The van der Waals surface area contributed by atoms with Gasteiger partial charge < -0.3 is 9.47 Å². The van der Waals surface area contributed by atoms with Gasteiger partial charge >= 0.3 is 0 Å². The van der Waals surface area contributed by atoms with Gasteiger partial charge in [-0.3, -0.25) is 14.9 Å². The van der Waals surface area contributed by atoms with Crippen LogP contribution in [0.15, 0.2) is 18.2 Å². The van der Waals surface area contributed by atoms with E-state index in [1.54, 1.807) is 0 Å². The zero-order valence-corrected chi connectivity index (χ0v) is 9.77. The highest BCUT2D eigenvalue weighted by Gasteiger charge is 2.13. The van der Waals surface area contributed by atoms with Gasteiger partial charge in [-0.25, -0.2) is 0 Å². The van der Waals surface area contributed by atoms with Crippen LogP contribution < -0.4 is 4.74 Å². The Morgan fingerprint density at radius 3 is 2.71 bits per heavy atom. The number of nitro benzene ring substituents is 1. The molecule has 6 nitrogen and oxygen atoms in total. The van der Waals surface area contributed by atoms with Crippen LogP contribution in [0, 0.1) is 10.1 Å². The molecule has 1 aromatic rings. The van der Waals surface area contributed by atoms with E-state index in [0.717, 1.165) is 0 Å². The first kappa shape index (κ1) is 13.4. The third-order valence-electron chi connectivity index (χ3n) is 1.82. The molecule has 92 valence electrons. The summed E-state index contributed by atoms with van der Waals surface area (Å²) in [5, 5.41) is 10.5. The Hall–Kier alpha value is -1.66. The fourth-order valence-corrected chi connectivity index (χ4v) is 1.33. The molecule has 0 spiro atoms. The highest BCUT2D eigenvalue weighted by Crippen LogP contribution is 2.28. The Labute approximate surface area is 102 Å². The number of hydrogen-bond acceptors (Lipinski definition) is 5. The van der Waals surface area contributed by atoms with E-state index >= 15 is 0 Å². The number of nitrogens with zero attached hydrogens (tertiary/aromatic N) is 1. The summed E-state index contributed by atoms with van der Waals surface area (Å²) in [6, 6.07) is 3.89. The SMILES string of the molecule is COCC(=O)COc1ccc([N+](=O)[O-])c(Cl)c1. The molecule has 0 saturated carbocycles. The molecule has 0 atom stereocenters. The molecule has 0 aromatic heterocycles. The molecule has 17 heavy (non-hydrogen) atoms. The molecule has 0 aliphatic carbocycles. The standard InChI is InChI=1S/C10H10ClNO5/c1-16-5-7(13)6-17-8-2-3-10(12(14)15)9(11)4-8/h2-4H,5-6H2,1H3. The number of hydrogen-bond donors (Lipinski definition) is 0. The topological polar surface area (TPSA) is 78.7 Å². The van der Waals surface area contributed by atoms with Gasteiger partial charge in [0.1, 0.15) is 24.0 Å². The van der Waals surface area contributed by atoms with Crippen molar-refractivity contribution in [2.75, 3.05) is 20.3 Å². The average molecular weight is 260 g/mol. The highest BCUT2D eigenvalue weighted by atomic mass is 35.5. The quantitative estimate of drug-likeness (QED) is 0.575. The molecule has 0 saturated heterocycles. The van der Waals surface area contributed by atoms with Gasteiger partial charge in [-0.1, -0.05) is 11.6 Å². The third-order valence-corrected chi connectivity index (χ3v) is 2.12. The lowest BCUT2D eigenvalue weighted by Gasteiger charge is -2.05. The molecule has 7 heteroatoms. The minimum absolute atomic E-state index is 0.0355. The van der Waals surface area contributed by atoms with E-state index in [-0.39, 0.29) is 29.7 Å². The molecule has 0 fully saturated rings. The van der Waals surface area contributed by atoms with Gasteiger partial charge in [-0.2, -0.15) is 0 Å². The Bertz CT molecular complexity index is 435. The van der Waals surface area contributed by atoms with Crippen LogP contribution in [0.25, 0.3) is 0 Å². The number of ether oxygens (including phenoxy) is 2. The van der Waals surface area contributed by atoms with Crippen molar-refractivity contribution in [3.05, 3.63) is 33.3 Å². The van der Waals surface area contributed by atoms with E-state index in [1.807, 2.05) is 0 Å². The van der Waals surface area contributed by atoms with Crippen LogP contribution in [-0.2, 0) is 9.53 Å². The second kappa shape index (κ2) is 6.17. The zero-order valence-electron chi connectivity index (χ0n) is 9.01. The average Bonchev–Trinajstić information content (AvgIpc) is 2.26. The predicted octanol–water partition coefficient (Wildman–Crippen LogP) is 1.84. The van der Waals surface area contributed by atoms with Crippen LogP contribution >= 0.6 is 11.6 Å². The third kappa shape index (κ3) is 4.01. The van der Waals surface area contributed by atoms with Crippen molar-refractivity contribution in [3.63, 3.8) is 0 Å². The van der Waals surface area contributed by atoms with Gasteiger partial charge in [0.25, 0.3) is 5.69 Å². The van der Waals surface area contributed by atoms with Crippen LogP contribution in [0.5, 0.6) is 5.75 Å². The molecule has 0 bridgehead atoms. The first-order chi connectivity index (χ1) is 8.04. The summed E-state index contributed by atoms with van der Waals surface area (Å²) in [5.74, 6) is 0.0621. The second-order valence-corrected chi connectivity index (χ2v) is 3.54. The lowest BCUT2D eigenvalue weighted by Crippen LogP contribution is -2.16. The van der Waals surface area contributed by atoms with Gasteiger partial charge in [0.2, 0.25) is 0 Å². The number of Topliss-reactive ketones (excluding diaryl/α,β-unsaturated/α-hetero) is 1. The van der Waals surface area contributed by atoms with E-state index in [9.17, 15) is 14.9 Å². The molecule has 1 rings (SSSR count). The largest absolute Gasteiger partial charge is 0.486 e. The number of methoxy groups -OCH3 is 1. The molecule has 1 aromatic carbocycles. The molecule has 0 aliphatic rings. The van der Waals surface area contributed by atoms with Crippen LogP contribution in [-0.4, -0.2) is 31.0 Å². The number of halogens is 1. The summed E-state index contributed by atoms with van der Waals surface area (Å²) in [6.07, 6.45) is 0. The number of rotatable bonds is 6. The lowest BCUT2D eigenvalue weighted by molar-refractivity contribution is -0.384. The Morgan fingerprint density at radius 2 is 2.18 bits per heavy atom. The molecule has 0 N–H and O–H groups in total. The number of nitro groups is 1. The molecule has 0 aliphatic heterocycles. The normalized spacial score (nSPS) is 10.0. The van der Waals surface area contributed by atoms with Gasteiger partial charge in [0.15, 0.2) is 5.78 Å².